The maximum atomic E-state index is 11.5. The SMILES string of the molecule is Cn1nccc1CCOc1ccc2c(c1)CCC2=O. The van der Waals surface area contributed by atoms with E-state index in [0.717, 1.165) is 35.4 Å². The van der Waals surface area contributed by atoms with Crippen LogP contribution in [0.5, 0.6) is 5.75 Å². The number of carbonyl (C=O) groups is 1. The smallest absolute Gasteiger partial charge is 0.163 e. The van der Waals surface area contributed by atoms with Gasteiger partial charge in [-0.05, 0) is 36.2 Å². The quantitative estimate of drug-likeness (QED) is 0.842. The van der Waals surface area contributed by atoms with E-state index in [2.05, 4.69) is 5.10 Å². The summed E-state index contributed by atoms with van der Waals surface area (Å²) >= 11 is 0. The van der Waals surface area contributed by atoms with E-state index in [1.807, 2.05) is 36.0 Å². The number of carbonyl (C=O) groups excluding carboxylic acids is 1. The molecular weight excluding hydrogens is 240 g/mol. The normalized spacial score (nSPS) is 13.6. The summed E-state index contributed by atoms with van der Waals surface area (Å²) < 4.78 is 7.59. The summed E-state index contributed by atoms with van der Waals surface area (Å²) in [6.45, 7) is 0.617. The molecule has 4 nitrogen and oxygen atoms in total. The van der Waals surface area contributed by atoms with Crippen molar-refractivity contribution in [1.29, 1.82) is 0 Å². The van der Waals surface area contributed by atoms with Gasteiger partial charge in [-0.15, -0.1) is 0 Å². The molecule has 3 rings (SSSR count). The van der Waals surface area contributed by atoms with Gasteiger partial charge in [0.1, 0.15) is 5.75 Å². The number of fused-ring (bicyclic) bond motifs is 1. The highest BCUT2D eigenvalue weighted by molar-refractivity contribution is 6.00. The van der Waals surface area contributed by atoms with Crippen molar-refractivity contribution < 1.29 is 9.53 Å². The molecule has 0 unspecified atom stereocenters. The lowest BCUT2D eigenvalue weighted by molar-refractivity contribution is 0.0994. The Balaban J connectivity index is 1.62. The molecule has 0 spiro atoms. The number of ether oxygens (including phenoxy) is 1. The summed E-state index contributed by atoms with van der Waals surface area (Å²) in [6.07, 6.45) is 4.09. The van der Waals surface area contributed by atoms with Gasteiger partial charge in [-0.2, -0.15) is 5.10 Å². The number of Topliss-reactive ketones (excluding diaryl/α,β-unsaturated/α-hetero) is 1. The Kier molecular flexibility index (Phi) is 3.07. The molecule has 2 aromatic rings. The Hall–Kier alpha value is -2.10. The van der Waals surface area contributed by atoms with E-state index in [-0.39, 0.29) is 5.78 Å². The monoisotopic (exact) mass is 256 g/mol. The molecule has 1 aromatic carbocycles. The number of hydrogen-bond acceptors (Lipinski definition) is 3. The summed E-state index contributed by atoms with van der Waals surface area (Å²) in [5, 5.41) is 4.12. The van der Waals surface area contributed by atoms with Crippen LogP contribution in [0, 0.1) is 0 Å². The number of aromatic nitrogens is 2. The van der Waals surface area contributed by atoms with Crippen molar-refractivity contribution in [2.45, 2.75) is 19.3 Å². The Labute approximate surface area is 112 Å². The van der Waals surface area contributed by atoms with Crippen LogP contribution in [0.2, 0.25) is 0 Å². The second-order valence-corrected chi connectivity index (χ2v) is 4.79. The molecule has 1 aliphatic carbocycles. The van der Waals surface area contributed by atoms with E-state index in [1.165, 1.54) is 0 Å². The zero-order valence-electron chi connectivity index (χ0n) is 10.9. The summed E-state index contributed by atoms with van der Waals surface area (Å²) in [6, 6.07) is 7.74. The van der Waals surface area contributed by atoms with Gasteiger partial charge >= 0.3 is 0 Å². The average Bonchev–Trinajstić information content (AvgIpc) is 2.97. The largest absolute Gasteiger partial charge is 0.493 e. The molecule has 0 saturated heterocycles. The molecule has 0 fully saturated rings. The van der Waals surface area contributed by atoms with Crippen LogP contribution in [0.1, 0.15) is 28.0 Å². The molecule has 0 N–H and O–H groups in total. The molecule has 1 aliphatic rings. The first-order valence-corrected chi connectivity index (χ1v) is 6.50. The second kappa shape index (κ2) is 4.88. The maximum Gasteiger partial charge on any atom is 0.163 e. The fourth-order valence-corrected chi connectivity index (χ4v) is 2.44. The highest BCUT2D eigenvalue weighted by Gasteiger charge is 2.19. The topological polar surface area (TPSA) is 44.1 Å². The van der Waals surface area contributed by atoms with Crippen LogP contribution in [-0.2, 0) is 19.9 Å². The van der Waals surface area contributed by atoms with Gasteiger partial charge in [0.25, 0.3) is 0 Å². The van der Waals surface area contributed by atoms with E-state index in [9.17, 15) is 4.79 Å². The van der Waals surface area contributed by atoms with Crippen LogP contribution in [0.25, 0.3) is 0 Å². The van der Waals surface area contributed by atoms with Crippen LogP contribution < -0.4 is 4.74 Å². The van der Waals surface area contributed by atoms with Crippen molar-refractivity contribution >= 4 is 5.78 Å². The number of rotatable bonds is 4. The van der Waals surface area contributed by atoms with Gasteiger partial charge in [-0.1, -0.05) is 0 Å². The van der Waals surface area contributed by atoms with Crippen molar-refractivity contribution in [3.05, 3.63) is 47.3 Å². The first kappa shape index (κ1) is 12.0. The van der Waals surface area contributed by atoms with E-state index < -0.39 is 0 Å². The number of hydrogen-bond donors (Lipinski definition) is 0. The summed E-state index contributed by atoms with van der Waals surface area (Å²) in [5.41, 5.74) is 3.12. The molecular formula is C15H16N2O2. The van der Waals surface area contributed by atoms with Gasteiger partial charge in [0.05, 0.1) is 6.61 Å². The molecule has 1 aromatic heterocycles. The Morgan fingerprint density at radius 2 is 2.21 bits per heavy atom. The third-order valence-electron chi connectivity index (χ3n) is 3.55. The Bertz CT molecular complexity index is 616. The molecule has 4 heteroatoms. The third kappa shape index (κ3) is 2.38. The van der Waals surface area contributed by atoms with E-state index in [0.29, 0.717) is 13.0 Å². The highest BCUT2D eigenvalue weighted by atomic mass is 16.5. The lowest BCUT2D eigenvalue weighted by Gasteiger charge is -2.08. The first-order chi connectivity index (χ1) is 9.24. The minimum absolute atomic E-state index is 0.247. The highest BCUT2D eigenvalue weighted by Crippen LogP contribution is 2.26. The van der Waals surface area contributed by atoms with E-state index in [4.69, 9.17) is 4.74 Å². The summed E-state index contributed by atoms with van der Waals surface area (Å²) in [7, 11) is 1.93. The predicted octanol–water partition coefficient (Wildman–Crippen LogP) is 2.17. The van der Waals surface area contributed by atoms with Crippen LogP contribution in [0.4, 0.5) is 0 Å². The molecule has 0 amide bonds. The fourth-order valence-electron chi connectivity index (χ4n) is 2.44. The van der Waals surface area contributed by atoms with Crippen molar-refractivity contribution in [3.63, 3.8) is 0 Å². The van der Waals surface area contributed by atoms with E-state index in [1.54, 1.807) is 6.20 Å². The van der Waals surface area contributed by atoms with Crippen molar-refractivity contribution in [2.24, 2.45) is 7.05 Å². The first-order valence-electron chi connectivity index (χ1n) is 6.50. The fraction of sp³-hybridized carbons (Fsp3) is 0.333. The molecule has 0 radical (unpaired) electrons. The Morgan fingerprint density at radius 3 is 3.00 bits per heavy atom. The lowest BCUT2D eigenvalue weighted by Crippen LogP contribution is -2.06. The Morgan fingerprint density at radius 1 is 1.32 bits per heavy atom. The molecule has 0 aliphatic heterocycles. The predicted molar refractivity (Wildman–Crippen MR) is 71.5 cm³/mol. The van der Waals surface area contributed by atoms with Gasteiger partial charge in [0.15, 0.2) is 5.78 Å². The number of aryl methyl sites for hydroxylation is 2. The van der Waals surface area contributed by atoms with Crippen molar-refractivity contribution in [2.75, 3.05) is 6.61 Å². The molecule has 0 bridgehead atoms. The van der Waals surface area contributed by atoms with Gasteiger partial charge in [0.2, 0.25) is 0 Å². The van der Waals surface area contributed by atoms with Crippen molar-refractivity contribution in [3.8, 4) is 5.75 Å². The van der Waals surface area contributed by atoms with Crippen LogP contribution in [-0.4, -0.2) is 22.2 Å². The number of ketones is 1. The molecule has 0 atom stereocenters. The van der Waals surface area contributed by atoms with Gasteiger partial charge < -0.3 is 4.74 Å². The van der Waals surface area contributed by atoms with E-state index >= 15 is 0 Å². The minimum atomic E-state index is 0.247. The zero-order valence-corrected chi connectivity index (χ0v) is 10.9. The standard InChI is InChI=1S/C15H16N2O2/c1-17-12(6-8-16-17)7-9-19-13-3-4-14-11(10-13)2-5-15(14)18/h3-4,6,8,10H,2,5,7,9H2,1H3. The summed E-state index contributed by atoms with van der Waals surface area (Å²) in [4.78, 5) is 11.5. The van der Waals surface area contributed by atoms with Crippen LogP contribution in [0.3, 0.4) is 0 Å². The van der Waals surface area contributed by atoms with Crippen molar-refractivity contribution in [1.82, 2.24) is 9.78 Å². The molecule has 98 valence electrons. The lowest BCUT2D eigenvalue weighted by atomic mass is 10.1. The van der Waals surface area contributed by atoms with Crippen LogP contribution >= 0.6 is 0 Å². The maximum absolute atomic E-state index is 11.5. The average molecular weight is 256 g/mol. The molecule has 0 saturated carbocycles. The third-order valence-corrected chi connectivity index (χ3v) is 3.55. The molecule has 1 heterocycles. The van der Waals surface area contributed by atoms with Gasteiger partial charge in [-0.3, -0.25) is 9.48 Å². The second-order valence-electron chi connectivity index (χ2n) is 4.79. The number of nitrogens with zero attached hydrogens (tertiary/aromatic N) is 2. The minimum Gasteiger partial charge on any atom is -0.493 e. The van der Waals surface area contributed by atoms with Gasteiger partial charge in [-0.25, -0.2) is 0 Å². The summed E-state index contributed by atoms with van der Waals surface area (Å²) in [5.74, 6) is 1.09. The molecule has 19 heavy (non-hydrogen) atoms. The van der Waals surface area contributed by atoms with Crippen LogP contribution in [0.15, 0.2) is 30.5 Å². The zero-order chi connectivity index (χ0) is 13.2. The number of benzene rings is 1. The van der Waals surface area contributed by atoms with Gasteiger partial charge in [0, 0.05) is 37.3 Å².